The van der Waals surface area contributed by atoms with Gasteiger partial charge in [-0.15, -0.1) is 0 Å². The Morgan fingerprint density at radius 1 is 0.821 bits per heavy atom. The number of sulfonamides is 1. The minimum Gasteiger partial charge on any atom is -0.322 e. The summed E-state index contributed by atoms with van der Waals surface area (Å²) in [6, 6.07) is 22.6. The zero-order valence-electron chi connectivity index (χ0n) is 14.7. The number of halogens is 1. The SMILES string of the molecule is O=C(Nc1ccc(Br)cc1)c1ccc(NS(=O)(=O)/C=C/c2ccccc2)cc1. The third-order valence-electron chi connectivity index (χ3n) is 3.75. The first-order valence-corrected chi connectivity index (χ1v) is 10.7. The molecule has 0 saturated heterocycles. The molecule has 0 saturated carbocycles. The van der Waals surface area contributed by atoms with E-state index in [4.69, 9.17) is 0 Å². The van der Waals surface area contributed by atoms with Gasteiger partial charge in [0.15, 0.2) is 0 Å². The average molecular weight is 457 g/mol. The van der Waals surface area contributed by atoms with Crippen LogP contribution in [-0.4, -0.2) is 14.3 Å². The van der Waals surface area contributed by atoms with Gasteiger partial charge in [0.2, 0.25) is 0 Å². The molecule has 0 fully saturated rings. The number of anilines is 2. The van der Waals surface area contributed by atoms with Crippen molar-refractivity contribution in [1.29, 1.82) is 0 Å². The average Bonchev–Trinajstić information content (AvgIpc) is 2.69. The number of nitrogens with one attached hydrogen (secondary N) is 2. The molecule has 0 aromatic heterocycles. The zero-order chi connectivity index (χ0) is 20.0. The lowest BCUT2D eigenvalue weighted by atomic mass is 10.2. The third-order valence-corrected chi connectivity index (χ3v) is 5.29. The molecule has 5 nitrogen and oxygen atoms in total. The van der Waals surface area contributed by atoms with Crippen molar-refractivity contribution < 1.29 is 13.2 Å². The number of amides is 1. The van der Waals surface area contributed by atoms with E-state index in [9.17, 15) is 13.2 Å². The van der Waals surface area contributed by atoms with Gasteiger partial charge < -0.3 is 5.32 Å². The predicted molar refractivity (Wildman–Crippen MR) is 117 cm³/mol. The summed E-state index contributed by atoms with van der Waals surface area (Å²) in [7, 11) is -3.65. The summed E-state index contributed by atoms with van der Waals surface area (Å²) in [4.78, 5) is 12.3. The number of hydrogen-bond donors (Lipinski definition) is 2. The quantitative estimate of drug-likeness (QED) is 0.540. The van der Waals surface area contributed by atoms with Gasteiger partial charge in [-0.2, -0.15) is 0 Å². The van der Waals surface area contributed by atoms with E-state index < -0.39 is 10.0 Å². The molecule has 0 heterocycles. The minimum absolute atomic E-state index is 0.277. The van der Waals surface area contributed by atoms with Crippen molar-refractivity contribution in [1.82, 2.24) is 0 Å². The van der Waals surface area contributed by atoms with E-state index in [0.717, 1.165) is 15.4 Å². The van der Waals surface area contributed by atoms with Crippen LogP contribution in [0.3, 0.4) is 0 Å². The van der Waals surface area contributed by atoms with Crippen LogP contribution in [0.1, 0.15) is 15.9 Å². The summed E-state index contributed by atoms with van der Waals surface area (Å²) in [5, 5.41) is 3.89. The fourth-order valence-electron chi connectivity index (χ4n) is 2.36. The highest BCUT2D eigenvalue weighted by atomic mass is 79.9. The van der Waals surface area contributed by atoms with E-state index in [2.05, 4.69) is 26.0 Å². The van der Waals surface area contributed by atoms with Crippen LogP contribution in [0, 0.1) is 0 Å². The topological polar surface area (TPSA) is 75.3 Å². The van der Waals surface area contributed by atoms with E-state index >= 15 is 0 Å². The van der Waals surface area contributed by atoms with E-state index in [1.807, 2.05) is 42.5 Å². The van der Waals surface area contributed by atoms with Crippen LogP contribution in [0.15, 0.2) is 88.7 Å². The molecule has 0 aliphatic heterocycles. The number of carbonyl (C=O) groups is 1. The molecule has 28 heavy (non-hydrogen) atoms. The summed E-state index contributed by atoms with van der Waals surface area (Å²) in [5.74, 6) is -0.277. The molecule has 0 spiro atoms. The molecule has 0 atom stereocenters. The molecule has 0 aliphatic carbocycles. The van der Waals surface area contributed by atoms with Gasteiger partial charge in [0.05, 0.1) is 5.41 Å². The van der Waals surface area contributed by atoms with Gasteiger partial charge in [-0.1, -0.05) is 46.3 Å². The molecule has 0 radical (unpaired) electrons. The van der Waals surface area contributed by atoms with Crippen molar-refractivity contribution >= 4 is 49.3 Å². The van der Waals surface area contributed by atoms with Crippen molar-refractivity contribution in [2.45, 2.75) is 0 Å². The van der Waals surface area contributed by atoms with E-state index in [1.165, 1.54) is 6.08 Å². The van der Waals surface area contributed by atoms with Crippen LogP contribution in [-0.2, 0) is 10.0 Å². The summed E-state index contributed by atoms with van der Waals surface area (Å²) in [6.45, 7) is 0. The molecule has 7 heteroatoms. The molecule has 1 amide bonds. The predicted octanol–water partition coefficient (Wildman–Crippen LogP) is 5.11. The van der Waals surface area contributed by atoms with Crippen molar-refractivity contribution in [2.75, 3.05) is 10.0 Å². The van der Waals surface area contributed by atoms with Crippen LogP contribution >= 0.6 is 15.9 Å². The molecule has 0 unspecified atom stereocenters. The zero-order valence-corrected chi connectivity index (χ0v) is 17.1. The Balaban J connectivity index is 1.64. The second-order valence-electron chi connectivity index (χ2n) is 5.90. The molecular formula is C21H17BrN2O3S. The van der Waals surface area contributed by atoms with Crippen LogP contribution < -0.4 is 10.0 Å². The monoisotopic (exact) mass is 456 g/mol. The highest BCUT2D eigenvalue weighted by Gasteiger charge is 2.09. The van der Waals surface area contributed by atoms with Crippen molar-refractivity contribution in [3.8, 4) is 0 Å². The largest absolute Gasteiger partial charge is 0.322 e. The van der Waals surface area contributed by atoms with Gasteiger partial charge in [0, 0.05) is 21.4 Å². The Bertz CT molecular complexity index is 1080. The van der Waals surface area contributed by atoms with Gasteiger partial charge in [0.25, 0.3) is 15.9 Å². The highest BCUT2D eigenvalue weighted by Crippen LogP contribution is 2.17. The molecular weight excluding hydrogens is 440 g/mol. The first-order valence-electron chi connectivity index (χ1n) is 8.34. The van der Waals surface area contributed by atoms with E-state index in [1.54, 1.807) is 36.4 Å². The fraction of sp³-hybridized carbons (Fsp3) is 0. The maximum absolute atomic E-state index is 12.3. The minimum atomic E-state index is -3.65. The molecule has 142 valence electrons. The molecule has 2 N–H and O–H groups in total. The Hall–Kier alpha value is -2.90. The van der Waals surface area contributed by atoms with Gasteiger partial charge in [0.1, 0.15) is 0 Å². The maximum Gasteiger partial charge on any atom is 0.255 e. The lowest BCUT2D eigenvalue weighted by Crippen LogP contribution is -2.12. The molecule has 0 aliphatic rings. The Morgan fingerprint density at radius 2 is 1.43 bits per heavy atom. The first kappa shape index (κ1) is 19.9. The van der Waals surface area contributed by atoms with Crippen LogP contribution in [0.5, 0.6) is 0 Å². The van der Waals surface area contributed by atoms with Crippen molar-refractivity contribution in [2.24, 2.45) is 0 Å². The Kier molecular flexibility index (Phi) is 6.28. The van der Waals surface area contributed by atoms with Crippen LogP contribution in [0.4, 0.5) is 11.4 Å². The fourth-order valence-corrected chi connectivity index (χ4v) is 3.49. The van der Waals surface area contributed by atoms with Gasteiger partial charge in [-0.25, -0.2) is 8.42 Å². The van der Waals surface area contributed by atoms with E-state index in [-0.39, 0.29) is 5.91 Å². The van der Waals surface area contributed by atoms with Crippen LogP contribution in [0.25, 0.3) is 6.08 Å². The number of benzene rings is 3. The van der Waals surface area contributed by atoms with Crippen LogP contribution in [0.2, 0.25) is 0 Å². The smallest absolute Gasteiger partial charge is 0.255 e. The van der Waals surface area contributed by atoms with Crippen molar-refractivity contribution in [3.63, 3.8) is 0 Å². The second-order valence-corrected chi connectivity index (χ2v) is 8.38. The summed E-state index contributed by atoms with van der Waals surface area (Å²) in [6.07, 6.45) is 1.52. The lowest BCUT2D eigenvalue weighted by Gasteiger charge is -2.07. The first-order chi connectivity index (χ1) is 13.4. The van der Waals surface area contributed by atoms with Crippen molar-refractivity contribution in [3.05, 3.63) is 99.9 Å². The molecule has 3 aromatic rings. The third kappa shape index (κ3) is 5.80. The number of carbonyl (C=O) groups excluding carboxylic acids is 1. The van der Waals surface area contributed by atoms with Gasteiger partial charge in [-0.3, -0.25) is 9.52 Å². The summed E-state index contributed by atoms with van der Waals surface area (Å²) in [5.41, 5.74) is 2.25. The highest BCUT2D eigenvalue weighted by molar-refractivity contribution is 9.10. The second kappa shape index (κ2) is 8.86. The Labute approximate surface area is 172 Å². The molecule has 3 rings (SSSR count). The number of hydrogen-bond acceptors (Lipinski definition) is 3. The molecule has 0 bridgehead atoms. The normalized spacial score (nSPS) is 11.3. The van der Waals surface area contributed by atoms with Gasteiger partial charge >= 0.3 is 0 Å². The van der Waals surface area contributed by atoms with Gasteiger partial charge in [-0.05, 0) is 60.2 Å². The summed E-state index contributed by atoms with van der Waals surface area (Å²) < 4.78 is 27.7. The summed E-state index contributed by atoms with van der Waals surface area (Å²) >= 11 is 3.34. The lowest BCUT2D eigenvalue weighted by molar-refractivity contribution is 0.102. The molecule has 3 aromatic carbocycles. The standard InChI is InChI=1S/C21H17BrN2O3S/c22-18-8-12-19(13-9-18)23-21(25)17-6-10-20(11-7-17)24-28(26,27)15-14-16-4-2-1-3-5-16/h1-15,24H,(H,23,25)/b15-14+. The maximum atomic E-state index is 12.3. The Morgan fingerprint density at radius 3 is 2.07 bits per heavy atom. The number of rotatable bonds is 6. The van der Waals surface area contributed by atoms with E-state index in [0.29, 0.717) is 16.9 Å².